The molecule has 1 unspecified atom stereocenters. The monoisotopic (exact) mass is 1770 g/mol. The van der Waals surface area contributed by atoms with Crippen LogP contribution in [0.1, 0.15) is 71.6 Å². The molecule has 0 spiro atoms. The van der Waals surface area contributed by atoms with Gasteiger partial charge in [-0.15, -0.1) is 6.42 Å². The van der Waals surface area contributed by atoms with Gasteiger partial charge in [-0.3, -0.25) is 8.92 Å². The fraction of sp³-hybridized carbons (Fsp3) is 0.909. The Morgan fingerprint density at radius 1 is 0.404 bits per heavy atom. The maximum atomic E-state index is 13.0. The molecule has 0 amide bonds. The van der Waals surface area contributed by atoms with Crippen molar-refractivity contribution in [3.63, 3.8) is 0 Å². The minimum absolute atomic E-state index is 0.735. The zero-order valence-electron chi connectivity index (χ0n) is 48.5. The van der Waals surface area contributed by atoms with E-state index in [2.05, 4.69) is 12.8 Å². The number of aliphatic hydroxyl groups is 1. The molecule has 0 rings (SSSR count). The molecule has 35 nitrogen and oxygen atoms in total. The van der Waals surface area contributed by atoms with Gasteiger partial charge in [0.2, 0.25) is 17.1 Å². The smallest absolute Gasteiger partial charge is 0.453 e. The van der Waals surface area contributed by atoms with Crippen LogP contribution in [0.5, 0.6) is 0 Å². The Hall–Kier alpha value is 0.460. The molecule has 0 saturated heterocycles. The Morgan fingerprint density at radius 3 is 0.831 bits per heavy atom. The van der Waals surface area contributed by atoms with Gasteiger partial charge in [-0.1, -0.05) is 57.8 Å². The van der Waals surface area contributed by atoms with Gasteiger partial charge in [0.15, 0.2) is 8.32 Å². The average Bonchev–Trinajstić information content (AvgIpc) is 3.71. The van der Waals surface area contributed by atoms with Gasteiger partial charge in [0.1, 0.15) is 5.60 Å². The van der Waals surface area contributed by atoms with Crippen molar-refractivity contribution in [2.75, 3.05) is 21.3 Å². The van der Waals surface area contributed by atoms with E-state index in [1.54, 1.807) is 26.6 Å². The Morgan fingerprint density at radius 2 is 0.618 bits per heavy atom. The molecule has 478 valence electrons. The van der Waals surface area contributed by atoms with E-state index in [0.29, 0.717) is 0 Å². The second-order valence-electron chi connectivity index (χ2n) is 18.8. The van der Waals surface area contributed by atoms with Crippen LogP contribution in [0.15, 0.2) is 0 Å². The van der Waals surface area contributed by atoms with E-state index < -0.39 is 258 Å². The molecule has 0 aliphatic heterocycles. The van der Waals surface area contributed by atoms with Crippen molar-refractivity contribution in [3.05, 3.63) is 0 Å². The van der Waals surface area contributed by atoms with Crippen molar-refractivity contribution < 1.29 is 156 Å². The molecule has 89 heavy (non-hydrogen) atoms. The zero-order valence-corrected chi connectivity index (χ0v) is 80.9. The molecule has 67 heteroatoms. The number of unbranched alkanes of at least 4 members (excludes halogenated alkanes) is 7. The van der Waals surface area contributed by atoms with Crippen LogP contribution in [0.25, 0.3) is 0 Å². The van der Waals surface area contributed by atoms with Crippen molar-refractivity contribution in [3.8, 4) is 12.3 Å². The summed E-state index contributed by atoms with van der Waals surface area (Å²) in [6, 6.07) is 0. The van der Waals surface area contributed by atoms with Gasteiger partial charge in [-0.2, -0.15) is 0 Å². The van der Waals surface area contributed by atoms with Gasteiger partial charge in [0.25, 0.3) is 0 Å². The summed E-state index contributed by atoms with van der Waals surface area (Å²) in [5.41, 5.74) is -0.887. The van der Waals surface area contributed by atoms with Crippen molar-refractivity contribution >= 4 is 252 Å². The molecule has 0 saturated carbocycles. The molecule has 0 aromatic carbocycles. The van der Waals surface area contributed by atoms with Gasteiger partial charge in [-0.05, 0) is 52.5 Å². The predicted octanol–water partition coefficient (Wildman–Crippen LogP) is -9.19. The van der Waals surface area contributed by atoms with Crippen LogP contribution in [0.4, 0.5) is 0 Å². The Bertz CT molecular complexity index is 3270. The Labute approximate surface area is 546 Å². The lowest BCUT2D eigenvalue weighted by Gasteiger charge is -2.28. The highest BCUT2D eigenvalue weighted by Gasteiger charge is 2.59. The summed E-state index contributed by atoms with van der Waals surface area (Å²) in [5, 5.41) is 9.56. The zero-order chi connectivity index (χ0) is 70.6. The largest absolute Gasteiger partial charge is 0.667 e. The first-order valence-electron chi connectivity index (χ1n) is 24.6. The lowest BCUT2D eigenvalue weighted by molar-refractivity contribution is 0.0534. The summed E-state index contributed by atoms with van der Waals surface area (Å²) in [4.78, 5) is 0. The molecule has 1 N–H and O–H groups in total. The maximum absolute atomic E-state index is 13.0. The third-order valence-electron chi connectivity index (χ3n) is 10.5. The Balaban J connectivity index is -0.00000353. The second-order valence-corrected chi connectivity index (χ2v) is 169. The van der Waals surface area contributed by atoms with Crippen LogP contribution < -0.4 is 0 Å². The molecule has 0 aromatic heterocycles. The number of hydrogen-bond acceptors (Lipinski definition) is 35. The van der Waals surface area contributed by atoms with Crippen LogP contribution in [-0.4, -0.2) is 284 Å². The maximum Gasteiger partial charge on any atom is 0.667 e. The van der Waals surface area contributed by atoms with E-state index >= 15 is 0 Å². The molecule has 0 bridgehead atoms. The van der Waals surface area contributed by atoms with Crippen LogP contribution in [0.3, 0.4) is 0 Å². The van der Waals surface area contributed by atoms with Crippen LogP contribution in [-0.2, 0) is 151 Å². The molecular formula is C22H52O35Si32. The highest BCUT2D eigenvalue weighted by molar-refractivity contribution is 7.84. The molecule has 0 fully saturated rings. The SMILES string of the molecule is C#CC(C)(O)CCCCCCCCCC.CO[Si](OC)(OC)O[SiH2][Si](=O)[Si](=O)[Si](=O)[Si](=O)[Si](=O)[Si](=O)[Si](=O)[Si](=O)[Si](=O)[Si](=O)[Si](=O)[Si](=O)[Si](=O)[Si](=O)[Si](=O)[Si](=O)[Si](=O)[Si](=O)[Si](=O)[Si](=O)[Si](=O)[Si](=O)[Si](=O)[Si](=O)[Si](=O)[Si](=O)[Si](=O)[Si](C)(C)O[Si](C)(C)C.O=[Si]=O. The topological polar surface area (TPSA) is 561 Å². The lowest BCUT2D eigenvalue weighted by atomic mass is 9.98. The van der Waals surface area contributed by atoms with Crippen molar-refractivity contribution in [1.82, 2.24) is 0 Å². The highest BCUT2D eigenvalue weighted by atomic mass is 30.1. The van der Waals surface area contributed by atoms with E-state index in [1.165, 1.54) is 58.0 Å². The van der Waals surface area contributed by atoms with Gasteiger partial charge >= 0.3 is 227 Å². The standard InChI is InChI=1S/C14H26O.C8H26O32Si31.O2Si/c1-4-6-7-8-9-10-11-12-13-14(3,15)5-2;1-36-71(37-2,38-3)39-41-42(9)43(10)44(11)45(12)46(13)47(14)48(15)49(16)50(17)51(18)52(19)53(20)54(21)55(22)56(23)57(24)58(25)59(26)60(27)61(28)62(29)63(30)64(31)65(32)66(33)67(34)68(35)70(7,8)40-69(4,5)6;1-3-2/h2,15H,4,6-13H2,1,3H3;41H2,1-8H3;. The van der Waals surface area contributed by atoms with E-state index in [4.69, 9.17) is 36.9 Å². The molecule has 0 radical (unpaired) electrons. The predicted molar refractivity (Wildman–Crippen MR) is 326 cm³/mol. The molecule has 0 aromatic rings. The van der Waals surface area contributed by atoms with Crippen molar-refractivity contribution in [2.24, 2.45) is 0 Å². The summed E-state index contributed by atoms with van der Waals surface area (Å²) in [5.74, 6) is 2.42. The second kappa shape index (κ2) is 45.1. The minimum atomic E-state index is -4.68. The highest BCUT2D eigenvalue weighted by Crippen LogP contribution is 2.16. The number of hydrogen-bond donors (Lipinski definition) is 1. The number of terminal acetylenes is 1. The average molecular weight is 1780 g/mol. The minimum Gasteiger partial charge on any atom is -0.453 e. The molecule has 0 aliphatic carbocycles. The molecule has 0 heterocycles. The van der Waals surface area contributed by atoms with E-state index in [0.717, 1.165) is 34.2 Å². The van der Waals surface area contributed by atoms with E-state index in [1.807, 2.05) is 0 Å². The molecule has 1 atom stereocenters. The first-order valence-corrected chi connectivity index (χ1v) is 101. The Kier molecular flexibility index (Phi) is 47.5. The third-order valence-corrected chi connectivity index (χ3v) is 243. The van der Waals surface area contributed by atoms with Gasteiger partial charge < -0.3 is 147 Å². The van der Waals surface area contributed by atoms with Crippen LogP contribution in [0.2, 0.25) is 32.7 Å². The van der Waals surface area contributed by atoms with E-state index in [9.17, 15) is 126 Å². The van der Waals surface area contributed by atoms with Crippen molar-refractivity contribution in [1.29, 1.82) is 0 Å². The van der Waals surface area contributed by atoms with Crippen LogP contribution >= 0.6 is 0 Å². The summed E-state index contributed by atoms with van der Waals surface area (Å²) in [7, 11) is -128. The summed E-state index contributed by atoms with van der Waals surface area (Å²) in [6.45, 7) is 11.8. The van der Waals surface area contributed by atoms with Gasteiger partial charge in [0, 0.05) is 21.3 Å². The first kappa shape index (κ1) is 93.6. The first-order chi connectivity index (χ1) is 40.7. The molecular weight excluding hydrogens is 1720 g/mol. The lowest BCUT2D eigenvalue weighted by Crippen LogP contribution is -2.59. The van der Waals surface area contributed by atoms with Crippen molar-refractivity contribution in [2.45, 2.75) is 110 Å². The van der Waals surface area contributed by atoms with Gasteiger partial charge in [0.05, 0.1) is 0 Å². The molecule has 0 aliphatic rings. The van der Waals surface area contributed by atoms with Gasteiger partial charge in [-0.25, -0.2) is 0 Å². The van der Waals surface area contributed by atoms with Crippen LogP contribution in [0, 0.1) is 12.3 Å². The third kappa shape index (κ3) is 31.3. The van der Waals surface area contributed by atoms with E-state index in [-0.39, 0.29) is 0 Å². The summed E-state index contributed by atoms with van der Waals surface area (Å²) < 4.78 is 387. The summed E-state index contributed by atoms with van der Waals surface area (Å²) >= 11 is 0. The quantitative estimate of drug-likeness (QED) is 0.0336. The summed E-state index contributed by atoms with van der Waals surface area (Å²) in [6.07, 6.45) is 16.2. The fourth-order valence-electron chi connectivity index (χ4n) is 6.01. The normalized spacial score (nSPS) is 11.4. The fourth-order valence-corrected chi connectivity index (χ4v) is 353. The number of rotatable bonds is 44.